The molecular weight excluding hydrogens is 317 g/mol. The molecule has 1 aromatic carbocycles. The van der Waals surface area contributed by atoms with E-state index in [9.17, 15) is 4.39 Å². The quantitative estimate of drug-likeness (QED) is 0.930. The minimum Gasteiger partial charge on any atom is -0.487 e. The van der Waals surface area contributed by atoms with Gasteiger partial charge in [0.1, 0.15) is 24.0 Å². The maximum atomic E-state index is 12.9. The van der Waals surface area contributed by atoms with Gasteiger partial charge in [0, 0.05) is 25.2 Å². The average Bonchev–Trinajstić information content (AvgIpc) is 2.54. The van der Waals surface area contributed by atoms with Gasteiger partial charge in [-0.1, -0.05) is 23.7 Å². The summed E-state index contributed by atoms with van der Waals surface area (Å²) in [5.41, 5.74) is 6.88. The van der Waals surface area contributed by atoms with Crippen molar-refractivity contribution >= 4 is 17.4 Å². The Kier molecular flexibility index (Phi) is 4.98. The van der Waals surface area contributed by atoms with Gasteiger partial charge in [-0.3, -0.25) is 0 Å². The third-order valence-electron chi connectivity index (χ3n) is 3.87. The van der Waals surface area contributed by atoms with Crippen LogP contribution in [0.4, 0.5) is 10.2 Å². The normalized spacial score (nSPS) is 18.0. The maximum absolute atomic E-state index is 12.9. The lowest BCUT2D eigenvalue weighted by Crippen LogP contribution is -2.43. The van der Waals surface area contributed by atoms with Crippen LogP contribution in [0.5, 0.6) is 5.75 Å². The van der Waals surface area contributed by atoms with Gasteiger partial charge in [-0.25, -0.2) is 9.37 Å². The number of aromatic nitrogens is 1. The number of anilines is 1. The van der Waals surface area contributed by atoms with Gasteiger partial charge in [-0.15, -0.1) is 0 Å². The number of rotatable bonds is 4. The van der Waals surface area contributed by atoms with E-state index in [0.29, 0.717) is 17.4 Å². The highest BCUT2D eigenvalue weighted by Crippen LogP contribution is 2.29. The number of pyridine rings is 1. The smallest absolute Gasteiger partial charge is 0.147 e. The summed E-state index contributed by atoms with van der Waals surface area (Å²) in [5, 5.41) is 0.552. The molecule has 2 aromatic rings. The van der Waals surface area contributed by atoms with Crippen molar-refractivity contribution in [3.05, 3.63) is 52.9 Å². The second kappa shape index (κ2) is 7.15. The van der Waals surface area contributed by atoms with Crippen LogP contribution in [0, 0.1) is 5.82 Å². The number of hydrogen-bond donors (Lipinski definition) is 1. The number of ether oxygens (including phenoxy) is 1. The summed E-state index contributed by atoms with van der Waals surface area (Å²) in [4.78, 5) is 6.53. The monoisotopic (exact) mass is 335 g/mol. The molecular formula is C17H19ClFN3O. The Hall–Kier alpha value is -1.85. The van der Waals surface area contributed by atoms with Crippen molar-refractivity contribution < 1.29 is 9.13 Å². The van der Waals surface area contributed by atoms with E-state index >= 15 is 0 Å². The van der Waals surface area contributed by atoms with Crippen LogP contribution < -0.4 is 15.4 Å². The highest BCUT2D eigenvalue weighted by Gasteiger charge is 2.20. The second-order valence-corrected chi connectivity index (χ2v) is 6.15. The molecule has 0 unspecified atom stereocenters. The van der Waals surface area contributed by atoms with E-state index in [1.54, 1.807) is 24.4 Å². The van der Waals surface area contributed by atoms with Crippen molar-refractivity contribution in [1.29, 1.82) is 0 Å². The first-order valence-electron chi connectivity index (χ1n) is 7.65. The van der Waals surface area contributed by atoms with Crippen molar-refractivity contribution in [3.8, 4) is 5.75 Å². The first-order chi connectivity index (χ1) is 11.1. The van der Waals surface area contributed by atoms with Crippen LogP contribution in [0.3, 0.4) is 0 Å². The average molecular weight is 336 g/mol. The largest absolute Gasteiger partial charge is 0.487 e. The molecule has 0 aliphatic carbocycles. The molecule has 3 rings (SSSR count). The Bertz CT molecular complexity index is 665. The lowest BCUT2D eigenvalue weighted by molar-refractivity contribution is 0.305. The zero-order valence-corrected chi connectivity index (χ0v) is 13.5. The molecule has 1 atom stereocenters. The standard InChI is InChI=1S/C17H19ClFN3O/c18-16-8-15(23-11-12-3-5-13(19)6-4-12)9-21-17(16)22-7-1-2-14(20)10-22/h3-6,8-9,14H,1-2,7,10-11,20H2/t14-/m1/s1. The van der Waals surface area contributed by atoms with Crippen LogP contribution in [-0.4, -0.2) is 24.1 Å². The highest BCUT2D eigenvalue weighted by atomic mass is 35.5. The minimum absolute atomic E-state index is 0.163. The molecule has 0 saturated carbocycles. The third-order valence-corrected chi connectivity index (χ3v) is 4.15. The van der Waals surface area contributed by atoms with Gasteiger partial charge in [0.25, 0.3) is 0 Å². The molecule has 0 bridgehead atoms. The van der Waals surface area contributed by atoms with Crippen LogP contribution in [0.1, 0.15) is 18.4 Å². The molecule has 122 valence electrons. The van der Waals surface area contributed by atoms with Gasteiger partial charge < -0.3 is 15.4 Å². The molecule has 0 radical (unpaired) electrons. The molecule has 1 fully saturated rings. The molecule has 23 heavy (non-hydrogen) atoms. The maximum Gasteiger partial charge on any atom is 0.147 e. The second-order valence-electron chi connectivity index (χ2n) is 5.74. The Labute approximate surface area is 140 Å². The van der Waals surface area contributed by atoms with E-state index in [1.807, 2.05) is 0 Å². The summed E-state index contributed by atoms with van der Waals surface area (Å²) in [6.45, 7) is 2.02. The van der Waals surface area contributed by atoms with E-state index in [1.165, 1.54) is 12.1 Å². The van der Waals surface area contributed by atoms with E-state index in [0.717, 1.165) is 37.3 Å². The summed E-state index contributed by atoms with van der Waals surface area (Å²) in [6.07, 6.45) is 3.74. The number of benzene rings is 1. The zero-order valence-electron chi connectivity index (χ0n) is 12.7. The van der Waals surface area contributed by atoms with Gasteiger partial charge in [-0.2, -0.15) is 0 Å². The summed E-state index contributed by atoms with van der Waals surface area (Å²) in [7, 11) is 0. The lowest BCUT2D eigenvalue weighted by atomic mass is 10.1. The lowest BCUT2D eigenvalue weighted by Gasteiger charge is -2.32. The van der Waals surface area contributed by atoms with Gasteiger partial charge in [0.2, 0.25) is 0 Å². The SMILES string of the molecule is N[C@@H]1CCCN(c2ncc(OCc3ccc(F)cc3)cc2Cl)C1. The number of nitrogens with zero attached hydrogens (tertiary/aromatic N) is 2. The fourth-order valence-electron chi connectivity index (χ4n) is 2.67. The van der Waals surface area contributed by atoms with E-state index in [2.05, 4.69) is 9.88 Å². The van der Waals surface area contributed by atoms with Crippen LogP contribution in [-0.2, 0) is 6.61 Å². The molecule has 1 saturated heterocycles. The van der Waals surface area contributed by atoms with E-state index in [-0.39, 0.29) is 11.9 Å². The van der Waals surface area contributed by atoms with Crippen molar-refractivity contribution in [2.45, 2.75) is 25.5 Å². The van der Waals surface area contributed by atoms with Crippen LogP contribution in [0.25, 0.3) is 0 Å². The van der Waals surface area contributed by atoms with Crippen LogP contribution >= 0.6 is 11.6 Å². The topological polar surface area (TPSA) is 51.4 Å². The molecule has 1 aromatic heterocycles. The minimum atomic E-state index is -0.262. The highest BCUT2D eigenvalue weighted by molar-refractivity contribution is 6.33. The fraction of sp³-hybridized carbons (Fsp3) is 0.353. The van der Waals surface area contributed by atoms with Gasteiger partial charge in [0.15, 0.2) is 0 Å². The van der Waals surface area contributed by atoms with Crippen molar-refractivity contribution in [1.82, 2.24) is 4.98 Å². The third kappa shape index (κ3) is 4.12. The van der Waals surface area contributed by atoms with Crippen molar-refractivity contribution in [3.63, 3.8) is 0 Å². The van der Waals surface area contributed by atoms with Gasteiger partial charge in [-0.05, 0) is 30.5 Å². The number of halogens is 2. The zero-order chi connectivity index (χ0) is 16.2. The molecule has 0 amide bonds. The predicted octanol–water partition coefficient (Wildman–Crippen LogP) is 3.38. The molecule has 4 nitrogen and oxygen atoms in total. The summed E-state index contributed by atoms with van der Waals surface area (Å²) in [5.74, 6) is 1.07. The molecule has 0 spiro atoms. The molecule has 2 N–H and O–H groups in total. The Balaban J connectivity index is 1.65. The Morgan fingerprint density at radius 3 is 2.83 bits per heavy atom. The van der Waals surface area contributed by atoms with Gasteiger partial charge >= 0.3 is 0 Å². The van der Waals surface area contributed by atoms with Gasteiger partial charge in [0.05, 0.1) is 11.2 Å². The van der Waals surface area contributed by atoms with Crippen molar-refractivity contribution in [2.24, 2.45) is 5.73 Å². The Morgan fingerprint density at radius 1 is 1.35 bits per heavy atom. The predicted molar refractivity (Wildman–Crippen MR) is 89.4 cm³/mol. The molecule has 2 heterocycles. The number of piperidine rings is 1. The number of nitrogens with two attached hydrogens (primary N) is 1. The first kappa shape index (κ1) is 16.0. The molecule has 1 aliphatic heterocycles. The van der Waals surface area contributed by atoms with Crippen LogP contribution in [0.15, 0.2) is 36.5 Å². The Morgan fingerprint density at radius 2 is 2.13 bits per heavy atom. The fourth-order valence-corrected chi connectivity index (χ4v) is 2.95. The summed E-state index contributed by atoms with van der Waals surface area (Å²) in [6, 6.07) is 8.12. The summed E-state index contributed by atoms with van der Waals surface area (Å²) < 4.78 is 18.5. The molecule has 6 heteroatoms. The van der Waals surface area contributed by atoms with Crippen LogP contribution in [0.2, 0.25) is 5.02 Å². The van der Waals surface area contributed by atoms with E-state index in [4.69, 9.17) is 22.1 Å². The summed E-state index contributed by atoms with van der Waals surface area (Å²) >= 11 is 6.34. The molecule has 1 aliphatic rings. The first-order valence-corrected chi connectivity index (χ1v) is 8.03. The number of hydrogen-bond acceptors (Lipinski definition) is 4. The van der Waals surface area contributed by atoms with Crippen molar-refractivity contribution in [2.75, 3.05) is 18.0 Å². The van der Waals surface area contributed by atoms with E-state index < -0.39 is 0 Å².